The Bertz CT molecular complexity index is 128. The Morgan fingerprint density at radius 1 is 0.846 bits per heavy atom. The van der Waals surface area contributed by atoms with Crippen molar-refractivity contribution in [3.63, 3.8) is 0 Å². The molecule has 0 atom stereocenters. The van der Waals surface area contributed by atoms with Crippen molar-refractivity contribution in [3.8, 4) is 0 Å². The second-order valence-electron chi connectivity index (χ2n) is 4.78. The summed E-state index contributed by atoms with van der Waals surface area (Å²) in [5.74, 6) is 0. The van der Waals surface area contributed by atoms with Gasteiger partial charge >= 0.3 is 0 Å². The maximum absolute atomic E-state index is 6.37. The molecule has 0 amide bonds. The van der Waals surface area contributed by atoms with Crippen LogP contribution in [-0.4, -0.2) is 15.5 Å². The van der Waals surface area contributed by atoms with E-state index in [0.717, 1.165) is 0 Å². The van der Waals surface area contributed by atoms with Crippen LogP contribution in [0.5, 0.6) is 0 Å². The number of hydrogen-bond donors (Lipinski definition) is 0. The van der Waals surface area contributed by atoms with Crippen LogP contribution in [0.4, 0.5) is 0 Å². The van der Waals surface area contributed by atoms with Gasteiger partial charge in [-0.15, -0.1) is 0 Å². The molecule has 0 bridgehead atoms. The molecule has 0 saturated heterocycles. The molecule has 0 spiro atoms. The van der Waals surface area contributed by atoms with Crippen molar-refractivity contribution in [3.05, 3.63) is 0 Å². The van der Waals surface area contributed by atoms with Gasteiger partial charge in [-0.3, -0.25) is 0 Å². The van der Waals surface area contributed by atoms with Gasteiger partial charge in [-0.2, -0.15) is 11.1 Å². The van der Waals surface area contributed by atoms with Gasteiger partial charge in [0.05, 0.1) is 8.07 Å². The molecule has 0 rings (SSSR count). The van der Waals surface area contributed by atoms with E-state index in [9.17, 15) is 0 Å². The molecule has 80 valence electrons. The topological polar surface area (TPSA) is 0 Å². The SMILES string of the molecule is CC[Si](CC)(CC)CC[Si](C)(C)Cl. The molecule has 0 N–H and O–H groups in total. The van der Waals surface area contributed by atoms with Crippen molar-refractivity contribution in [2.24, 2.45) is 0 Å². The van der Waals surface area contributed by atoms with Crippen molar-refractivity contribution in [2.45, 2.75) is 64.1 Å². The summed E-state index contributed by atoms with van der Waals surface area (Å²) in [6.45, 7) is 11.7. The Labute approximate surface area is 90.8 Å². The summed E-state index contributed by atoms with van der Waals surface area (Å²) < 4.78 is 0. The smallest absolute Gasteiger partial charge is 0.150 e. The van der Waals surface area contributed by atoms with Crippen LogP contribution in [0.15, 0.2) is 0 Å². The van der Waals surface area contributed by atoms with E-state index in [1.807, 2.05) is 0 Å². The molecule has 0 nitrogen and oxygen atoms in total. The van der Waals surface area contributed by atoms with Crippen LogP contribution in [0.1, 0.15) is 20.8 Å². The van der Waals surface area contributed by atoms with Crippen LogP contribution in [0.25, 0.3) is 0 Å². The summed E-state index contributed by atoms with van der Waals surface area (Å²) in [4.78, 5) is 0. The molecule has 0 aromatic heterocycles. The first-order valence-electron chi connectivity index (χ1n) is 5.58. The fourth-order valence-corrected chi connectivity index (χ4v) is 9.75. The van der Waals surface area contributed by atoms with E-state index >= 15 is 0 Å². The minimum absolute atomic E-state index is 0.877. The number of halogens is 1. The predicted octanol–water partition coefficient (Wildman–Crippen LogP) is 4.94. The van der Waals surface area contributed by atoms with E-state index in [0.29, 0.717) is 0 Å². The molecule has 0 aromatic rings. The van der Waals surface area contributed by atoms with Crippen LogP contribution in [0, 0.1) is 0 Å². The van der Waals surface area contributed by atoms with Gasteiger partial charge in [0, 0.05) is 0 Å². The molecule has 0 radical (unpaired) electrons. The molecule has 0 aliphatic rings. The molecule has 0 heterocycles. The highest BCUT2D eigenvalue weighted by molar-refractivity contribution is 7.19. The first kappa shape index (κ1) is 13.7. The fraction of sp³-hybridized carbons (Fsp3) is 1.00. The van der Waals surface area contributed by atoms with Crippen LogP contribution in [0.3, 0.4) is 0 Å². The Kier molecular flexibility index (Phi) is 5.88. The van der Waals surface area contributed by atoms with Crippen molar-refractivity contribution >= 4 is 26.5 Å². The second kappa shape index (κ2) is 5.57. The summed E-state index contributed by atoms with van der Waals surface area (Å²) in [5, 5.41) is 0. The largest absolute Gasteiger partial charge is 0.168 e. The molecule has 0 fully saturated rings. The van der Waals surface area contributed by atoms with Gasteiger partial charge in [0.15, 0.2) is 0 Å². The van der Waals surface area contributed by atoms with Crippen LogP contribution in [-0.2, 0) is 0 Å². The molecule has 0 saturated carbocycles. The van der Waals surface area contributed by atoms with Gasteiger partial charge in [-0.05, 0) is 6.04 Å². The summed E-state index contributed by atoms with van der Waals surface area (Å²) in [7, 11) is -2.19. The van der Waals surface area contributed by atoms with E-state index in [1.54, 1.807) is 0 Å². The normalized spacial score (nSPS) is 13.4. The van der Waals surface area contributed by atoms with Crippen LogP contribution < -0.4 is 0 Å². The Balaban J connectivity index is 4.11. The molecule has 0 aliphatic carbocycles. The zero-order valence-electron chi connectivity index (χ0n) is 9.91. The lowest BCUT2D eigenvalue weighted by atomic mass is 10.9. The molecule has 0 aromatic carbocycles. The minimum atomic E-state index is -1.31. The Morgan fingerprint density at radius 3 is 1.46 bits per heavy atom. The molecule has 3 heteroatoms. The highest BCUT2D eigenvalue weighted by Crippen LogP contribution is 2.30. The lowest BCUT2D eigenvalue weighted by Crippen LogP contribution is -2.33. The van der Waals surface area contributed by atoms with E-state index in [1.165, 1.54) is 30.2 Å². The van der Waals surface area contributed by atoms with Gasteiger partial charge in [0.1, 0.15) is 7.38 Å². The molecule has 0 aliphatic heterocycles. The van der Waals surface area contributed by atoms with Gasteiger partial charge < -0.3 is 0 Å². The quantitative estimate of drug-likeness (QED) is 0.453. The zero-order valence-corrected chi connectivity index (χ0v) is 12.7. The highest BCUT2D eigenvalue weighted by atomic mass is 35.6. The average Bonchev–Trinajstić information content (AvgIpc) is 2.06. The van der Waals surface area contributed by atoms with Crippen molar-refractivity contribution in [2.75, 3.05) is 0 Å². The Hall–Kier alpha value is 0.724. The summed E-state index contributed by atoms with van der Waals surface area (Å²) in [6, 6.07) is 7.14. The molecular formula is C10H25ClSi2. The highest BCUT2D eigenvalue weighted by Gasteiger charge is 2.29. The van der Waals surface area contributed by atoms with Crippen molar-refractivity contribution in [1.82, 2.24) is 0 Å². The predicted molar refractivity (Wildman–Crippen MR) is 70.1 cm³/mol. The third-order valence-electron chi connectivity index (χ3n) is 3.50. The summed E-state index contributed by atoms with van der Waals surface area (Å²) in [6.07, 6.45) is 0. The summed E-state index contributed by atoms with van der Waals surface area (Å²) in [5.41, 5.74) is 0. The number of hydrogen-bond acceptors (Lipinski definition) is 0. The lowest BCUT2D eigenvalue weighted by Gasteiger charge is -2.30. The van der Waals surface area contributed by atoms with E-state index < -0.39 is 15.5 Å². The average molecular weight is 237 g/mol. The Morgan fingerprint density at radius 2 is 1.23 bits per heavy atom. The lowest BCUT2D eigenvalue weighted by molar-refractivity contribution is 1.10. The third kappa shape index (κ3) is 5.23. The first-order valence-corrected chi connectivity index (χ1v) is 12.6. The third-order valence-corrected chi connectivity index (χ3v) is 11.8. The minimum Gasteiger partial charge on any atom is -0.168 e. The van der Waals surface area contributed by atoms with Gasteiger partial charge in [-0.25, -0.2) is 0 Å². The number of rotatable bonds is 6. The molecule has 13 heavy (non-hydrogen) atoms. The van der Waals surface area contributed by atoms with E-state index in [4.69, 9.17) is 11.1 Å². The maximum atomic E-state index is 6.37. The summed E-state index contributed by atoms with van der Waals surface area (Å²) >= 11 is 6.37. The van der Waals surface area contributed by atoms with Crippen molar-refractivity contribution < 1.29 is 0 Å². The van der Waals surface area contributed by atoms with Crippen molar-refractivity contribution in [1.29, 1.82) is 0 Å². The molecular weight excluding hydrogens is 212 g/mol. The molecule has 0 unspecified atom stereocenters. The van der Waals surface area contributed by atoms with Crippen LogP contribution >= 0.6 is 11.1 Å². The monoisotopic (exact) mass is 236 g/mol. The second-order valence-corrected chi connectivity index (χ2v) is 17.4. The standard InChI is InChI=1S/C10H25ClSi2/c1-6-13(7-2,8-3)10-9-12(4,5)11/h6-10H2,1-5H3. The van der Waals surface area contributed by atoms with E-state index in [-0.39, 0.29) is 0 Å². The first-order chi connectivity index (χ1) is 5.89. The van der Waals surface area contributed by atoms with E-state index in [2.05, 4.69) is 33.9 Å². The maximum Gasteiger partial charge on any atom is 0.150 e. The van der Waals surface area contributed by atoms with Gasteiger partial charge in [0.25, 0.3) is 0 Å². The van der Waals surface area contributed by atoms with Gasteiger partial charge in [0.2, 0.25) is 0 Å². The fourth-order valence-electron chi connectivity index (χ4n) is 1.84. The van der Waals surface area contributed by atoms with Crippen LogP contribution in [0.2, 0.25) is 43.3 Å². The zero-order chi connectivity index (χ0) is 10.5. The van der Waals surface area contributed by atoms with Gasteiger partial charge in [-0.1, -0.05) is 58.0 Å².